The van der Waals surface area contributed by atoms with Crippen molar-refractivity contribution in [3.63, 3.8) is 0 Å². The first-order valence-corrected chi connectivity index (χ1v) is 4.92. The van der Waals surface area contributed by atoms with E-state index in [0.29, 0.717) is 0 Å². The Labute approximate surface area is 99.8 Å². The third kappa shape index (κ3) is 2.97. The van der Waals surface area contributed by atoms with Crippen LogP contribution < -0.4 is 4.74 Å². The van der Waals surface area contributed by atoms with Crippen LogP contribution in [0.15, 0.2) is 42.6 Å². The fraction of sp³-hybridized carbons (Fsp3) is 0.0833. The lowest BCUT2D eigenvalue weighted by molar-refractivity contribution is -0.274. The molecule has 0 unspecified atom stereocenters. The number of hydrogen-bond donors (Lipinski definition) is 0. The van der Waals surface area contributed by atoms with E-state index in [-0.39, 0.29) is 11.1 Å². The molecular formula is C12H7F4NO. The fourth-order valence-corrected chi connectivity index (χ4v) is 1.46. The number of halogens is 4. The lowest BCUT2D eigenvalue weighted by Crippen LogP contribution is -2.17. The van der Waals surface area contributed by atoms with Crippen molar-refractivity contribution in [2.24, 2.45) is 0 Å². The van der Waals surface area contributed by atoms with Crippen LogP contribution in [0.2, 0.25) is 0 Å². The molecule has 94 valence electrons. The predicted octanol–water partition coefficient (Wildman–Crippen LogP) is 3.79. The van der Waals surface area contributed by atoms with Gasteiger partial charge in [-0.15, -0.1) is 13.2 Å². The number of aromatic nitrogens is 1. The molecule has 1 aromatic carbocycles. The van der Waals surface area contributed by atoms with Gasteiger partial charge in [0, 0.05) is 11.8 Å². The molecule has 2 rings (SSSR count). The van der Waals surface area contributed by atoms with Gasteiger partial charge in [0.1, 0.15) is 5.75 Å². The molecule has 18 heavy (non-hydrogen) atoms. The lowest BCUT2D eigenvalue weighted by Gasteiger charge is -2.10. The third-order valence-electron chi connectivity index (χ3n) is 2.14. The van der Waals surface area contributed by atoms with Crippen LogP contribution in [0.5, 0.6) is 5.75 Å². The van der Waals surface area contributed by atoms with Gasteiger partial charge >= 0.3 is 6.36 Å². The number of rotatable bonds is 2. The molecule has 0 fully saturated rings. The molecule has 0 N–H and O–H groups in total. The average Bonchev–Trinajstić information content (AvgIpc) is 2.27. The molecule has 1 aromatic heterocycles. The van der Waals surface area contributed by atoms with Crippen LogP contribution in [0.4, 0.5) is 17.6 Å². The minimum absolute atomic E-state index is 0.116. The molecule has 0 aliphatic rings. The second kappa shape index (κ2) is 4.64. The largest absolute Gasteiger partial charge is 0.573 e. The van der Waals surface area contributed by atoms with E-state index in [1.165, 1.54) is 30.5 Å². The van der Waals surface area contributed by atoms with Gasteiger partial charge in [-0.05, 0) is 29.8 Å². The second-order valence-corrected chi connectivity index (χ2v) is 3.42. The standard InChI is InChI=1S/C12H7F4NO/c13-11-10(5-2-6-17-11)8-3-1-4-9(7-8)18-12(14,15)16/h1-7H. The number of hydrogen-bond acceptors (Lipinski definition) is 2. The molecule has 0 bridgehead atoms. The first kappa shape index (κ1) is 12.3. The zero-order valence-corrected chi connectivity index (χ0v) is 8.91. The van der Waals surface area contributed by atoms with Crippen LogP contribution >= 0.6 is 0 Å². The van der Waals surface area contributed by atoms with Crippen molar-refractivity contribution in [3.8, 4) is 16.9 Å². The summed E-state index contributed by atoms with van der Waals surface area (Å²) in [6.45, 7) is 0. The summed E-state index contributed by atoms with van der Waals surface area (Å²) in [5.74, 6) is -1.15. The Morgan fingerprint density at radius 3 is 2.50 bits per heavy atom. The third-order valence-corrected chi connectivity index (χ3v) is 2.14. The Kier molecular flexibility index (Phi) is 3.18. The van der Waals surface area contributed by atoms with Gasteiger partial charge in [-0.25, -0.2) is 4.98 Å². The molecule has 6 heteroatoms. The highest BCUT2D eigenvalue weighted by atomic mass is 19.4. The van der Waals surface area contributed by atoms with Crippen LogP contribution in [0.3, 0.4) is 0 Å². The van der Waals surface area contributed by atoms with Gasteiger partial charge in [-0.3, -0.25) is 0 Å². The summed E-state index contributed by atoms with van der Waals surface area (Å²) < 4.78 is 53.3. The van der Waals surface area contributed by atoms with Crippen molar-refractivity contribution in [1.29, 1.82) is 0 Å². The Balaban J connectivity index is 2.36. The van der Waals surface area contributed by atoms with Crippen molar-refractivity contribution in [2.75, 3.05) is 0 Å². The number of benzene rings is 1. The minimum atomic E-state index is -4.77. The molecule has 0 aliphatic carbocycles. The maximum Gasteiger partial charge on any atom is 0.573 e. The molecule has 0 spiro atoms. The summed E-state index contributed by atoms with van der Waals surface area (Å²) in [4.78, 5) is 3.43. The molecule has 0 saturated carbocycles. The van der Waals surface area contributed by atoms with Crippen LogP contribution in [0, 0.1) is 5.95 Å². The van der Waals surface area contributed by atoms with Gasteiger partial charge in [0.2, 0.25) is 5.95 Å². The van der Waals surface area contributed by atoms with Gasteiger partial charge in [-0.1, -0.05) is 12.1 Å². The van der Waals surface area contributed by atoms with E-state index in [9.17, 15) is 17.6 Å². The topological polar surface area (TPSA) is 22.1 Å². The lowest BCUT2D eigenvalue weighted by atomic mass is 10.1. The summed E-state index contributed by atoms with van der Waals surface area (Å²) in [5, 5.41) is 0. The molecule has 2 aromatic rings. The van der Waals surface area contributed by atoms with E-state index >= 15 is 0 Å². The van der Waals surface area contributed by atoms with E-state index in [1.54, 1.807) is 0 Å². The summed E-state index contributed by atoms with van der Waals surface area (Å²) in [5.41, 5.74) is 0.382. The number of ether oxygens (including phenoxy) is 1. The predicted molar refractivity (Wildman–Crippen MR) is 56.3 cm³/mol. The molecule has 2 nitrogen and oxygen atoms in total. The maximum atomic E-state index is 13.4. The summed E-state index contributed by atoms with van der Waals surface area (Å²) >= 11 is 0. The van der Waals surface area contributed by atoms with E-state index in [4.69, 9.17) is 0 Å². The Morgan fingerprint density at radius 1 is 1.06 bits per heavy atom. The molecular weight excluding hydrogens is 250 g/mol. The highest BCUT2D eigenvalue weighted by Crippen LogP contribution is 2.28. The van der Waals surface area contributed by atoms with Crippen molar-refractivity contribution in [1.82, 2.24) is 4.98 Å². The smallest absolute Gasteiger partial charge is 0.406 e. The molecule has 0 amide bonds. The quantitative estimate of drug-likeness (QED) is 0.603. The second-order valence-electron chi connectivity index (χ2n) is 3.42. The molecule has 1 heterocycles. The number of pyridine rings is 1. The van der Waals surface area contributed by atoms with Gasteiger partial charge < -0.3 is 4.74 Å². The van der Waals surface area contributed by atoms with Crippen molar-refractivity contribution >= 4 is 0 Å². The Hall–Kier alpha value is -2.11. The SMILES string of the molecule is Fc1ncccc1-c1cccc(OC(F)(F)F)c1. The van der Waals surface area contributed by atoms with E-state index in [0.717, 1.165) is 12.1 Å². The zero-order chi connectivity index (χ0) is 13.2. The van der Waals surface area contributed by atoms with E-state index < -0.39 is 18.1 Å². The Morgan fingerprint density at radius 2 is 1.83 bits per heavy atom. The number of alkyl halides is 3. The Bertz CT molecular complexity index is 554. The van der Waals surface area contributed by atoms with Crippen molar-refractivity contribution < 1.29 is 22.3 Å². The maximum absolute atomic E-state index is 13.4. The first-order valence-electron chi connectivity index (χ1n) is 4.92. The molecule has 0 aliphatic heterocycles. The normalized spacial score (nSPS) is 11.3. The van der Waals surface area contributed by atoms with Gasteiger partial charge in [0.15, 0.2) is 0 Å². The highest BCUT2D eigenvalue weighted by molar-refractivity contribution is 5.64. The van der Waals surface area contributed by atoms with Gasteiger partial charge in [0.05, 0.1) is 0 Å². The van der Waals surface area contributed by atoms with E-state index in [1.807, 2.05) is 0 Å². The van der Waals surface area contributed by atoms with Crippen LogP contribution in [-0.4, -0.2) is 11.3 Å². The average molecular weight is 257 g/mol. The fourth-order valence-electron chi connectivity index (χ4n) is 1.46. The summed E-state index contributed by atoms with van der Waals surface area (Å²) in [7, 11) is 0. The molecule has 0 radical (unpaired) electrons. The minimum Gasteiger partial charge on any atom is -0.406 e. The van der Waals surface area contributed by atoms with Gasteiger partial charge in [0.25, 0.3) is 0 Å². The van der Waals surface area contributed by atoms with Crippen LogP contribution in [-0.2, 0) is 0 Å². The van der Waals surface area contributed by atoms with Crippen LogP contribution in [0.25, 0.3) is 11.1 Å². The highest BCUT2D eigenvalue weighted by Gasteiger charge is 2.31. The zero-order valence-electron chi connectivity index (χ0n) is 8.91. The van der Waals surface area contributed by atoms with E-state index in [2.05, 4.69) is 9.72 Å². The van der Waals surface area contributed by atoms with Gasteiger partial charge in [-0.2, -0.15) is 4.39 Å². The number of nitrogens with zero attached hydrogens (tertiary/aromatic N) is 1. The first-order chi connectivity index (χ1) is 8.46. The van der Waals surface area contributed by atoms with Crippen molar-refractivity contribution in [3.05, 3.63) is 48.5 Å². The summed E-state index contributed by atoms with van der Waals surface area (Å²) in [6, 6.07) is 8.00. The molecule has 0 atom stereocenters. The van der Waals surface area contributed by atoms with Crippen molar-refractivity contribution in [2.45, 2.75) is 6.36 Å². The molecule has 0 saturated heterocycles. The van der Waals surface area contributed by atoms with Crippen LogP contribution in [0.1, 0.15) is 0 Å². The monoisotopic (exact) mass is 257 g/mol. The summed E-state index contributed by atoms with van der Waals surface area (Å²) in [6.07, 6.45) is -3.51.